The Hall–Kier alpha value is -0.410. The summed E-state index contributed by atoms with van der Waals surface area (Å²) in [6.07, 6.45) is 7.80. The molecule has 0 amide bonds. The van der Waals surface area contributed by atoms with E-state index in [0.717, 1.165) is 38.2 Å². The number of hydrogen-bond donors (Lipinski definition) is 2. The van der Waals surface area contributed by atoms with Crippen LogP contribution in [0, 0.1) is 0 Å². The van der Waals surface area contributed by atoms with Crippen molar-refractivity contribution < 1.29 is 5.11 Å². The summed E-state index contributed by atoms with van der Waals surface area (Å²) in [6, 6.07) is 0. The van der Waals surface area contributed by atoms with E-state index in [9.17, 15) is 5.11 Å². The molecule has 0 spiro atoms. The molecule has 0 unspecified atom stereocenters. The maximum atomic E-state index is 10.2. The van der Waals surface area contributed by atoms with E-state index in [1.54, 1.807) is 7.05 Å². The van der Waals surface area contributed by atoms with E-state index in [1.165, 1.54) is 34.8 Å². The summed E-state index contributed by atoms with van der Waals surface area (Å²) in [4.78, 5) is 12.7. The van der Waals surface area contributed by atoms with E-state index in [0.29, 0.717) is 6.54 Å². The molecule has 0 bridgehead atoms. The second-order valence-corrected chi connectivity index (χ2v) is 7.69. The highest BCUT2D eigenvalue weighted by Crippen LogP contribution is 2.30. The van der Waals surface area contributed by atoms with Gasteiger partial charge in [-0.1, -0.05) is 0 Å². The summed E-state index contributed by atoms with van der Waals surface area (Å²) >= 11 is 1.85. The molecule has 0 aromatic carbocycles. The van der Waals surface area contributed by atoms with Crippen molar-refractivity contribution in [1.29, 1.82) is 0 Å². The molecule has 5 nitrogen and oxygen atoms in total. The predicted octanol–water partition coefficient (Wildman–Crippen LogP) is 2.56. The van der Waals surface area contributed by atoms with Crippen LogP contribution in [0.2, 0.25) is 0 Å². The topological polar surface area (TPSA) is 60.8 Å². The number of aliphatic imine (C=N–C) groups is 1. The molecule has 2 aliphatic rings. The van der Waals surface area contributed by atoms with Crippen LogP contribution in [0.1, 0.15) is 47.7 Å². The number of halogens is 1. The van der Waals surface area contributed by atoms with Crippen LogP contribution in [-0.4, -0.2) is 47.2 Å². The third kappa shape index (κ3) is 4.57. The van der Waals surface area contributed by atoms with Crippen LogP contribution in [0.25, 0.3) is 0 Å². The number of fused-ring (bicyclic) bond motifs is 1. The van der Waals surface area contributed by atoms with Crippen molar-refractivity contribution in [2.45, 2.75) is 57.1 Å². The van der Waals surface area contributed by atoms with Crippen LogP contribution in [0.5, 0.6) is 0 Å². The third-order valence-electron chi connectivity index (χ3n) is 4.70. The predicted molar refractivity (Wildman–Crippen MR) is 106 cm³/mol. The van der Waals surface area contributed by atoms with Gasteiger partial charge in [-0.25, -0.2) is 4.98 Å². The summed E-state index contributed by atoms with van der Waals surface area (Å²) < 4.78 is 0. The first-order valence-electron chi connectivity index (χ1n) is 8.21. The maximum absolute atomic E-state index is 10.2. The van der Waals surface area contributed by atoms with Gasteiger partial charge < -0.3 is 15.3 Å². The molecule has 23 heavy (non-hydrogen) atoms. The van der Waals surface area contributed by atoms with Gasteiger partial charge in [0.2, 0.25) is 0 Å². The summed E-state index contributed by atoms with van der Waals surface area (Å²) in [7, 11) is 3.82. The number of nitrogens with zero attached hydrogens (tertiary/aromatic N) is 3. The number of rotatable bonds is 4. The van der Waals surface area contributed by atoms with Crippen LogP contribution in [0.3, 0.4) is 0 Å². The number of aliphatic hydroxyl groups is 1. The van der Waals surface area contributed by atoms with E-state index in [4.69, 9.17) is 4.98 Å². The minimum absolute atomic E-state index is 0. The Balaban J connectivity index is 0.00000192. The number of nitrogens with one attached hydrogen (secondary N) is 1. The van der Waals surface area contributed by atoms with Gasteiger partial charge in [0.15, 0.2) is 5.96 Å². The number of hydrogen-bond acceptors (Lipinski definition) is 4. The zero-order chi connectivity index (χ0) is 15.6. The Labute approximate surface area is 159 Å². The Morgan fingerprint density at radius 1 is 1.35 bits per heavy atom. The molecule has 0 aliphatic heterocycles. The molecule has 0 atom stereocenters. The largest absolute Gasteiger partial charge is 0.388 e. The van der Waals surface area contributed by atoms with Crippen LogP contribution < -0.4 is 5.32 Å². The first-order valence-corrected chi connectivity index (χ1v) is 9.03. The zero-order valence-corrected chi connectivity index (χ0v) is 17.1. The van der Waals surface area contributed by atoms with Crippen LogP contribution >= 0.6 is 35.3 Å². The second-order valence-electron chi connectivity index (χ2n) is 6.52. The molecule has 130 valence electrons. The average Bonchev–Trinajstić information content (AvgIpc) is 2.88. The van der Waals surface area contributed by atoms with E-state index in [1.807, 2.05) is 18.4 Å². The maximum Gasteiger partial charge on any atom is 0.193 e. The van der Waals surface area contributed by atoms with Gasteiger partial charge in [-0.15, -0.1) is 35.3 Å². The molecule has 1 aromatic heterocycles. The molecule has 7 heteroatoms. The molecular formula is C16H27IN4OS. The van der Waals surface area contributed by atoms with Crippen molar-refractivity contribution in [1.82, 2.24) is 15.2 Å². The Bertz CT molecular complexity index is 533. The highest BCUT2D eigenvalue weighted by Gasteiger charge is 2.34. The van der Waals surface area contributed by atoms with Gasteiger partial charge in [0, 0.05) is 25.5 Å². The van der Waals surface area contributed by atoms with E-state index in [-0.39, 0.29) is 24.0 Å². The minimum atomic E-state index is -0.531. The average molecular weight is 450 g/mol. The first-order chi connectivity index (χ1) is 10.6. The third-order valence-corrected chi connectivity index (χ3v) is 5.84. The zero-order valence-electron chi connectivity index (χ0n) is 14.0. The minimum Gasteiger partial charge on any atom is -0.388 e. The Morgan fingerprint density at radius 3 is 2.70 bits per heavy atom. The van der Waals surface area contributed by atoms with E-state index < -0.39 is 5.60 Å². The first kappa shape index (κ1) is 18.9. The molecule has 1 heterocycles. The summed E-state index contributed by atoms with van der Waals surface area (Å²) in [5.41, 5.74) is 0.781. The highest BCUT2D eigenvalue weighted by atomic mass is 127. The van der Waals surface area contributed by atoms with Crippen LogP contribution in [0.15, 0.2) is 4.99 Å². The van der Waals surface area contributed by atoms with Gasteiger partial charge in [0.05, 0.1) is 17.8 Å². The molecule has 2 N–H and O–H groups in total. The quantitative estimate of drug-likeness (QED) is 0.421. The monoisotopic (exact) mass is 450 g/mol. The van der Waals surface area contributed by atoms with Gasteiger partial charge in [-0.2, -0.15) is 0 Å². The SMILES string of the molecule is CN=C(NCC1(O)CCC1)N(C)Cc1nc2c(s1)CCCC2.I. The molecular weight excluding hydrogens is 423 g/mol. The summed E-state index contributed by atoms with van der Waals surface area (Å²) in [5, 5.41) is 14.7. The molecule has 1 saturated carbocycles. The fourth-order valence-corrected chi connectivity index (χ4v) is 4.35. The van der Waals surface area contributed by atoms with Crippen molar-refractivity contribution in [3.05, 3.63) is 15.6 Å². The molecule has 3 rings (SSSR count). The van der Waals surface area contributed by atoms with Crippen molar-refractivity contribution in [2.24, 2.45) is 4.99 Å². The lowest BCUT2D eigenvalue weighted by Crippen LogP contribution is -2.50. The van der Waals surface area contributed by atoms with E-state index >= 15 is 0 Å². The van der Waals surface area contributed by atoms with Crippen molar-refractivity contribution in [3.63, 3.8) is 0 Å². The fourth-order valence-electron chi connectivity index (χ4n) is 3.14. The number of aryl methyl sites for hydroxylation is 2. The number of aromatic nitrogens is 1. The summed E-state index contributed by atoms with van der Waals surface area (Å²) in [6.45, 7) is 1.36. The lowest BCUT2D eigenvalue weighted by Gasteiger charge is -2.37. The van der Waals surface area contributed by atoms with Gasteiger partial charge in [-0.3, -0.25) is 4.99 Å². The van der Waals surface area contributed by atoms with Crippen molar-refractivity contribution in [3.8, 4) is 0 Å². The Morgan fingerprint density at radius 2 is 2.09 bits per heavy atom. The second kappa shape index (κ2) is 8.11. The van der Waals surface area contributed by atoms with Gasteiger partial charge in [0.1, 0.15) is 5.01 Å². The van der Waals surface area contributed by atoms with Crippen molar-refractivity contribution >= 4 is 41.3 Å². The van der Waals surface area contributed by atoms with Gasteiger partial charge in [-0.05, 0) is 44.9 Å². The van der Waals surface area contributed by atoms with Crippen LogP contribution in [0.4, 0.5) is 0 Å². The molecule has 0 saturated heterocycles. The fraction of sp³-hybridized carbons (Fsp3) is 0.750. The highest BCUT2D eigenvalue weighted by molar-refractivity contribution is 14.0. The van der Waals surface area contributed by atoms with Crippen LogP contribution in [-0.2, 0) is 19.4 Å². The lowest BCUT2D eigenvalue weighted by atomic mass is 9.80. The van der Waals surface area contributed by atoms with Gasteiger partial charge in [0.25, 0.3) is 0 Å². The van der Waals surface area contributed by atoms with Gasteiger partial charge >= 0.3 is 0 Å². The lowest BCUT2D eigenvalue weighted by molar-refractivity contribution is -0.0282. The Kier molecular flexibility index (Phi) is 6.67. The number of guanidine groups is 1. The molecule has 1 fully saturated rings. The van der Waals surface area contributed by atoms with E-state index in [2.05, 4.69) is 15.2 Å². The summed E-state index contributed by atoms with van der Waals surface area (Å²) in [5.74, 6) is 0.827. The molecule has 2 aliphatic carbocycles. The molecule has 1 aromatic rings. The van der Waals surface area contributed by atoms with Crippen molar-refractivity contribution in [2.75, 3.05) is 20.6 Å². The standard InChI is InChI=1S/C16H26N4OS.HI/c1-17-15(18-11-16(21)8-5-9-16)20(2)10-14-19-12-6-3-4-7-13(12)22-14;/h21H,3-11H2,1-2H3,(H,17,18);1H. The smallest absolute Gasteiger partial charge is 0.193 e. The number of thiazole rings is 1. The normalized spacial score (nSPS) is 19.3. The molecule has 0 radical (unpaired) electrons.